The minimum Gasteiger partial charge on any atom is -0.387 e. The topological polar surface area (TPSA) is 198 Å². The smallest absolute Gasteiger partial charge is 0.387 e. The van der Waals surface area contributed by atoms with E-state index in [1.54, 1.807) is 0 Å². The van der Waals surface area contributed by atoms with Crippen LogP contribution < -0.4 is 11.2 Å². The summed E-state index contributed by atoms with van der Waals surface area (Å²) in [5.41, 5.74) is -1.99. The van der Waals surface area contributed by atoms with Gasteiger partial charge in [0.15, 0.2) is 6.23 Å². The molecule has 5 N–H and O–H groups in total. The molecule has 37 heavy (non-hydrogen) atoms. The summed E-state index contributed by atoms with van der Waals surface area (Å²) < 4.78 is 87.2. The van der Waals surface area contributed by atoms with Crippen molar-refractivity contribution in [3.8, 4) is 0 Å². The van der Waals surface area contributed by atoms with Crippen LogP contribution >= 0.6 is 15.2 Å². The molecule has 5 atom stereocenters. The van der Waals surface area contributed by atoms with Crippen LogP contribution in [-0.4, -0.2) is 64.4 Å². The van der Waals surface area contributed by atoms with Gasteiger partial charge in [-0.05, 0) is 18.1 Å². The minimum absolute atomic E-state index is 0.0200. The molecule has 2 heterocycles. The molecule has 0 spiro atoms. The summed E-state index contributed by atoms with van der Waals surface area (Å²) in [5, 5.41) is 14.9. The van der Waals surface area contributed by atoms with Gasteiger partial charge in [0.2, 0.25) is 0 Å². The molecule has 2 aromatic rings. The van der Waals surface area contributed by atoms with Crippen LogP contribution in [0.4, 0.5) is 17.6 Å². The molecule has 1 aliphatic heterocycles. The van der Waals surface area contributed by atoms with E-state index < -0.39 is 81.2 Å². The van der Waals surface area contributed by atoms with Gasteiger partial charge >= 0.3 is 26.3 Å². The number of aryl methyl sites for hydroxylation is 1. The van der Waals surface area contributed by atoms with Gasteiger partial charge in [0.1, 0.15) is 29.9 Å². The van der Waals surface area contributed by atoms with Gasteiger partial charge in [-0.15, -0.1) is 0 Å². The van der Waals surface area contributed by atoms with Crippen molar-refractivity contribution in [2.75, 3.05) is 6.61 Å². The predicted molar refractivity (Wildman–Crippen MR) is 114 cm³/mol. The van der Waals surface area contributed by atoms with Crippen LogP contribution in [0.2, 0.25) is 0 Å². The fraction of sp³-hybridized carbons (Fsp3) is 0.444. The molecule has 19 heteroatoms. The number of hydrogen-bond acceptors (Lipinski definition) is 8. The summed E-state index contributed by atoms with van der Waals surface area (Å²) in [5.74, 6) is -1.76. The summed E-state index contributed by atoms with van der Waals surface area (Å²) in [7, 11) is -12.7. The number of rotatable bonds is 9. The van der Waals surface area contributed by atoms with E-state index in [2.05, 4.69) is 4.52 Å². The molecule has 0 radical (unpaired) electrons. The third-order valence-corrected chi connectivity index (χ3v) is 8.85. The summed E-state index contributed by atoms with van der Waals surface area (Å²) >= 11 is 0. The zero-order chi connectivity index (χ0) is 27.9. The summed E-state index contributed by atoms with van der Waals surface area (Å²) in [4.78, 5) is 51.6. The SMILES string of the molecule is O=c1ccn([C@@H]2O[C@H](COP(=O)(O)C(F)(F)P(=O)(O)O)C(O)C2O)c(=O)n1CCc1ccc(F)cc1F. The molecular formula is C18H20F4N2O11P2. The van der Waals surface area contributed by atoms with E-state index in [9.17, 15) is 51.4 Å². The van der Waals surface area contributed by atoms with Gasteiger partial charge in [0.05, 0.1) is 6.61 Å². The number of alkyl halides is 2. The van der Waals surface area contributed by atoms with Gasteiger partial charge in [-0.1, -0.05) is 6.07 Å². The first-order valence-corrected chi connectivity index (χ1v) is 13.4. The number of ether oxygens (including phenoxy) is 1. The maximum atomic E-state index is 13.9. The lowest BCUT2D eigenvalue weighted by molar-refractivity contribution is -0.0551. The Morgan fingerprint density at radius 1 is 1.05 bits per heavy atom. The van der Waals surface area contributed by atoms with Crippen molar-refractivity contribution in [3.05, 3.63) is 68.5 Å². The molecule has 3 unspecified atom stereocenters. The van der Waals surface area contributed by atoms with Crippen LogP contribution in [0.15, 0.2) is 40.1 Å². The number of aromatic nitrogens is 2. The fourth-order valence-corrected chi connectivity index (χ4v) is 5.40. The van der Waals surface area contributed by atoms with Gasteiger partial charge in [-0.2, -0.15) is 8.78 Å². The molecule has 1 aromatic heterocycles. The Morgan fingerprint density at radius 2 is 1.70 bits per heavy atom. The Balaban J connectivity index is 1.79. The third-order valence-electron chi connectivity index (χ3n) is 5.43. The molecular weight excluding hydrogens is 558 g/mol. The number of hydrogen-bond donors (Lipinski definition) is 5. The van der Waals surface area contributed by atoms with E-state index in [0.717, 1.165) is 24.4 Å². The predicted octanol–water partition coefficient (Wildman–Crippen LogP) is 0.0801. The van der Waals surface area contributed by atoms with Crippen molar-refractivity contribution in [2.45, 2.75) is 42.9 Å². The first-order valence-electron chi connectivity index (χ1n) is 10.2. The van der Waals surface area contributed by atoms with E-state index in [1.807, 2.05) is 0 Å². The van der Waals surface area contributed by atoms with Crippen LogP contribution in [0.25, 0.3) is 0 Å². The zero-order valence-corrected chi connectivity index (χ0v) is 20.1. The highest BCUT2D eigenvalue weighted by Gasteiger charge is 2.65. The average Bonchev–Trinajstić information content (AvgIpc) is 3.06. The molecule has 1 saturated heterocycles. The Kier molecular flexibility index (Phi) is 8.34. The Hall–Kier alpha value is -2.20. The van der Waals surface area contributed by atoms with Crippen LogP contribution in [0, 0.1) is 11.6 Å². The minimum atomic E-state index is -6.43. The zero-order valence-electron chi connectivity index (χ0n) is 18.3. The molecule has 13 nitrogen and oxygen atoms in total. The van der Waals surface area contributed by atoms with Crippen LogP contribution in [0.5, 0.6) is 0 Å². The second-order valence-electron chi connectivity index (χ2n) is 7.90. The molecule has 0 bridgehead atoms. The van der Waals surface area contributed by atoms with Gasteiger partial charge in [-0.3, -0.25) is 23.1 Å². The van der Waals surface area contributed by atoms with Crippen molar-refractivity contribution in [1.82, 2.24) is 9.13 Å². The van der Waals surface area contributed by atoms with Crippen LogP contribution in [-0.2, 0) is 31.4 Å². The van der Waals surface area contributed by atoms with Crippen LogP contribution in [0.1, 0.15) is 11.8 Å². The molecule has 1 aliphatic rings. The molecule has 0 amide bonds. The van der Waals surface area contributed by atoms with Gasteiger partial charge in [0, 0.05) is 24.9 Å². The molecule has 1 fully saturated rings. The number of aliphatic hydroxyl groups is 2. The highest BCUT2D eigenvalue weighted by Crippen LogP contribution is 2.73. The van der Waals surface area contributed by atoms with E-state index in [4.69, 9.17) is 14.5 Å². The lowest BCUT2D eigenvalue weighted by Crippen LogP contribution is -2.43. The van der Waals surface area contributed by atoms with Crippen molar-refractivity contribution in [2.24, 2.45) is 0 Å². The second-order valence-corrected chi connectivity index (χ2v) is 11.8. The summed E-state index contributed by atoms with van der Waals surface area (Å²) in [6.07, 6.45) is -6.94. The molecule has 206 valence electrons. The normalized spacial score (nSPS) is 24.2. The second kappa shape index (κ2) is 10.5. The average molecular weight is 578 g/mol. The highest BCUT2D eigenvalue weighted by atomic mass is 31.2. The van der Waals surface area contributed by atoms with Crippen molar-refractivity contribution >= 4 is 15.2 Å². The van der Waals surface area contributed by atoms with E-state index in [1.165, 1.54) is 0 Å². The maximum Gasteiger partial charge on any atom is 0.443 e. The van der Waals surface area contributed by atoms with Crippen LogP contribution in [0.3, 0.4) is 0 Å². The Bertz CT molecular complexity index is 1380. The fourth-order valence-electron chi connectivity index (χ4n) is 3.40. The van der Waals surface area contributed by atoms with Crippen molar-refractivity contribution in [1.29, 1.82) is 0 Å². The number of halogens is 4. The summed E-state index contributed by atoms with van der Waals surface area (Å²) in [6, 6.07) is 3.54. The van der Waals surface area contributed by atoms with Gasteiger partial charge in [-0.25, -0.2) is 13.6 Å². The largest absolute Gasteiger partial charge is 0.443 e. The highest BCUT2D eigenvalue weighted by molar-refractivity contribution is 7.72. The molecule has 3 rings (SSSR count). The quantitative estimate of drug-likeness (QED) is 0.200. The maximum absolute atomic E-state index is 13.9. The molecule has 0 aliphatic carbocycles. The van der Waals surface area contributed by atoms with Gasteiger partial charge < -0.3 is 34.2 Å². The number of nitrogens with zero attached hydrogens (tertiary/aromatic N) is 2. The van der Waals surface area contributed by atoms with E-state index in [-0.39, 0.29) is 12.0 Å². The lowest BCUT2D eigenvalue weighted by Gasteiger charge is -2.24. The first-order chi connectivity index (χ1) is 17.0. The first kappa shape index (κ1) is 29.4. The lowest BCUT2D eigenvalue weighted by atomic mass is 10.1. The standard InChI is InChI=1S/C18H20F4N2O11P2/c19-10-2-1-9(11(20)7-10)3-5-23-13(25)4-6-24(17(23)28)16-15(27)14(26)12(35-16)8-34-37(32,33)18(21,22)36(29,30)31/h1-2,4,6-7,12,14-16,26-27H,3,5,8H2,(H,32,33)(H2,29,30,31)/t12-,14?,15?,16-/m1/s1. The Labute approximate surface area is 203 Å². The number of benzene rings is 1. The summed E-state index contributed by atoms with van der Waals surface area (Å²) in [6.45, 7) is -1.76. The van der Waals surface area contributed by atoms with Crippen molar-refractivity contribution < 1.29 is 60.8 Å². The molecule has 0 saturated carbocycles. The van der Waals surface area contributed by atoms with E-state index >= 15 is 0 Å². The van der Waals surface area contributed by atoms with Gasteiger partial charge in [0.25, 0.3) is 5.56 Å². The van der Waals surface area contributed by atoms with E-state index in [0.29, 0.717) is 15.2 Å². The number of aliphatic hydroxyl groups excluding tert-OH is 2. The van der Waals surface area contributed by atoms with Crippen molar-refractivity contribution in [3.63, 3.8) is 0 Å². The monoisotopic (exact) mass is 578 g/mol. The molecule has 1 aromatic carbocycles. The third kappa shape index (κ3) is 5.79. The Morgan fingerprint density at radius 3 is 2.30 bits per heavy atom.